The molecule has 0 aliphatic carbocycles. The molecule has 0 aromatic carbocycles. The molecule has 0 bridgehead atoms. The number of nitrogens with one attached hydrogen (secondary N) is 2. The highest BCUT2D eigenvalue weighted by Gasteiger charge is 2.17. The molecule has 1 aromatic heterocycles. The van der Waals surface area contributed by atoms with Gasteiger partial charge in [0.2, 0.25) is 0 Å². The van der Waals surface area contributed by atoms with E-state index in [1.54, 1.807) is 6.92 Å². The van der Waals surface area contributed by atoms with E-state index in [2.05, 4.69) is 15.5 Å². The number of amides is 1. The fourth-order valence-corrected chi connectivity index (χ4v) is 1.17. The lowest BCUT2D eigenvalue weighted by Crippen LogP contribution is -2.35. The van der Waals surface area contributed by atoms with E-state index in [0.717, 1.165) is 5.69 Å². The number of carbonyl (C=O) groups is 1. The summed E-state index contributed by atoms with van der Waals surface area (Å²) in [7, 11) is 0. The predicted octanol–water partition coefficient (Wildman–Crippen LogP) is -0.335. The SMILES string of the molecule is CCc1[nH]nc(C(=O)N[C@@H](C)CO)c1N. The number of nitrogens with two attached hydrogens (primary N) is 1. The van der Waals surface area contributed by atoms with Gasteiger partial charge in [0.05, 0.1) is 18.0 Å². The standard InChI is InChI=1S/C9H16N4O2/c1-3-6-7(10)8(13-12-6)9(15)11-5(2)4-14/h5,14H,3-4,10H2,1-2H3,(H,11,15)(H,12,13)/t5-/m0/s1. The van der Waals surface area contributed by atoms with Crippen LogP contribution in [0.5, 0.6) is 0 Å². The topological polar surface area (TPSA) is 104 Å². The van der Waals surface area contributed by atoms with Gasteiger partial charge in [0.15, 0.2) is 5.69 Å². The van der Waals surface area contributed by atoms with Crippen molar-refractivity contribution in [2.45, 2.75) is 26.3 Å². The highest BCUT2D eigenvalue weighted by molar-refractivity contribution is 5.97. The van der Waals surface area contributed by atoms with Crippen molar-refractivity contribution >= 4 is 11.6 Å². The number of hydrogen-bond donors (Lipinski definition) is 4. The number of hydrogen-bond acceptors (Lipinski definition) is 4. The summed E-state index contributed by atoms with van der Waals surface area (Å²) in [5.41, 5.74) is 7.02. The summed E-state index contributed by atoms with van der Waals surface area (Å²) in [6.07, 6.45) is 0.696. The summed E-state index contributed by atoms with van der Waals surface area (Å²) >= 11 is 0. The van der Waals surface area contributed by atoms with Crippen LogP contribution in [0.1, 0.15) is 30.0 Å². The molecule has 1 amide bonds. The fourth-order valence-electron chi connectivity index (χ4n) is 1.17. The number of rotatable bonds is 4. The van der Waals surface area contributed by atoms with Gasteiger partial charge < -0.3 is 16.2 Å². The van der Waals surface area contributed by atoms with Gasteiger partial charge >= 0.3 is 0 Å². The molecular weight excluding hydrogens is 196 g/mol. The van der Waals surface area contributed by atoms with Gasteiger partial charge in [0, 0.05) is 6.04 Å². The quantitative estimate of drug-likeness (QED) is 0.548. The molecule has 6 heteroatoms. The van der Waals surface area contributed by atoms with E-state index in [9.17, 15) is 4.79 Å². The van der Waals surface area contributed by atoms with E-state index < -0.39 is 0 Å². The molecule has 1 aromatic rings. The molecule has 0 aliphatic rings. The minimum atomic E-state index is -0.370. The monoisotopic (exact) mass is 212 g/mol. The van der Waals surface area contributed by atoms with Crippen molar-refractivity contribution in [2.75, 3.05) is 12.3 Å². The van der Waals surface area contributed by atoms with E-state index in [1.807, 2.05) is 6.92 Å². The fraction of sp³-hybridized carbons (Fsp3) is 0.556. The third-order valence-electron chi connectivity index (χ3n) is 2.10. The van der Waals surface area contributed by atoms with Crippen molar-refractivity contribution < 1.29 is 9.90 Å². The Morgan fingerprint density at radius 1 is 1.73 bits per heavy atom. The highest BCUT2D eigenvalue weighted by Crippen LogP contribution is 2.13. The minimum Gasteiger partial charge on any atom is -0.395 e. The molecule has 1 atom stereocenters. The Labute approximate surface area is 87.9 Å². The van der Waals surface area contributed by atoms with Crippen molar-refractivity contribution in [2.24, 2.45) is 0 Å². The summed E-state index contributed by atoms with van der Waals surface area (Å²) in [6, 6.07) is -0.307. The predicted molar refractivity (Wildman–Crippen MR) is 56.4 cm³/mol. The lowest BCUT2D eigenvalue weighted by Gasteiger charge is -2.09. The Morgan fingerprint density at radius 2 is 2.40 bits per heavy atom. The van der Waals surface area contributed by atoms with Crippen LogP contribution < -0.4 is 11.1 Å². The number of H-pyrrole nitrogens is 1. The van der Waals surface area contributed by atoms with E-state index in [4.69, 9.17) is 10.8 Å². The number of aliphatic hydroxyl groups excluding tert-OH is 1. The van der Waals surface area contributed by atoms with Crippen molar-refractivity contribution in [1.82, 2.24) is 15.5 Å². The lowest BCUT2D eigenvalue weighted by atomic mass is 10.2. The Morgan fingerprint density at radius 3 is 2.87 bits per heavy atom. The Bertz CT molecular complexity index is 348. The summed E-state index contributed by atoms with van der Waals surface area (Å²) < 4.78 is 0. The number of aromatic nitrogens is 2. The average molecular weight is 212 g/mol. The first kappa shape index (κ1) is 11.5. The maximum absolute atomic E-state index is 11.6. The number of aromatic amines is 1. The van der Waals surface area contributed by atoms with Crippen LogP contribution in [0, 0.1) is 0 Å². The third kappa shape index (κ3) is 2.47. The molecule has 0 fully saturated rings. The Balaban J connectivity index is 2.78. The van der Waals surface area contributed by atoms with Crippen molar-refractivity contribution in [3.8, 4) is 0 Å². The number of aryl methyl sites for hydroxylation is 1. The third-order valence-corrected chi connectivity index (χ3v) is 2.10. The van der Waals surface area contributed by atoms with Gasteiger partial charge in [-0.25, -0.2) is 0 Å². The van der Waals surface area contributed by atoms with E-state index in [0.29, 0.717) is 12.1 Å². The number of anilines is 1. The molecule has 5 N–H and O–H groups in total. The van der Waals surface area contributed by atoms with Crippen molar-refractivity contribution in [3.05, 3.63) is 11.4 Å². The molecule has 0 saturated carbocycles. The number of aliphatic hydroxyl groups is 1. The van der Waals surface area contributed by atoms with Crippen LogP contribution in [-0.2, 0) is 6.42 Å². The second-order valence-electron chi connectivity index (χ2n) is 3.38. The summed E-state index contributed by atoms with van der Waals surface area (Å²) in [5.74, 6) is -0.370. The minimum absolute atomic E-state index is 0.114. The summed E-state index contributed by atoms with van der Waals surface area (Å²) in [4.78, 5) is 11.6. The second-order valence-corrected chi connectivity index (χ2v) is 3.38. The van der Waals surface area contributed by atoms with E-state index in [-0.39, 0.29) is 24.2 Å². The van der Waals surface area contributed by atoms with Crippen LogP contribution in [0.3, 0.4) is 0 Å². The zero-order valence-corrected chi connectivity index (χ0v) is 8.87. The van der Waals surface area contributed by atoms with Crippen LogP contribution >= 0.6 is 0 Å². The van der Waals surface area contributed by atoms with Gasteiger partial charge in [-0.3, -0.25) is 9.89 Å². The van der Waals surface area contributed by atoms with Gasteiger partial charge in [-0.2, -0.15) is 5.10 Å². The maximum atomic E-state index is 11.6. The van der Waals surface area contributed by atoms with Crippen LogP contribution in [0.4, 0.5) is 5.69 Å². The largest absolute Gasteiger partial charge is 0.395 e. The van der Waals surface area contributed by atoms with Crippen molar-refractivity contribution in [1.29, 1.82) is 0 Å². The number of nitrogen functional groups attached to an aromatic ring is 1. The molecule has 84 valence electrons. The molecule has 1 heterocycles. The smallest absolute Gasteiger partial charge is 0.274 e. The van der Waals surface area contributed by atoms with Gasteiger partial charge in [-0.15, -0.1) is 0 Å². The molecule has 15 heavy (non-hydrogen) atoms. The first-order chi connectivity index (χ1) is 7.10. The van der Waals surface area contributed by atoms with Gasteiger partial charge in [-0.05, 0) is 13.3 Å². The molecular formula is C9H16N4O2. The molecule has 0 spiro atoms. The van der Waals surface area contributed by atoms with Crippen LogP contribution in [0.15, 0.2) is 0 Å². The maximum Gasteiger partial charge on any atom is 0.274 e. The van der Waals surface area contributed by atoms with Crippen LogP contribution in [0.25, 0.3) is 0 Å². The molecule has 0 saturated heterocycles. The first-order valence-electron chi connectivity index (χ1n) is 4.84. The zero-order valence-electron chi connectivity index (χ0n) is 8.87. The average Bonchev–Trinajstić information content (AvgIpc) is 2.59. The number of nitrogens with zero attached hydrogens (tertiary/aromatic N) is 1. The van der Waals surface area contributed by atoms with Gasteiger partial charge in [-0.1, -0.05) is 6.92 Å². The van der Waals surface area contributed by atoms with Crippen LogP contribution in [0.2, 0.25) is 0 Å². The lowest BCUT2D eigenvalue weighted by molar-refractivity contribution is 0.0918. The molecule has 6 nitrogen and oxygen atoms in total. The van der Waals surface area contributed by atoms with Crippen LogP contribution in [-0.4, -0.2) is 33.9 Å². The molecule has 0 unspecified atom stereocenters. The second kappa shape index (κ2) is 4.79. The van der Waals surface area contributed by atoms with Gasteiger partial charge in [0.25, 0.3) is 5.91 Å². The van der Waals surface area contributed by atoms with E-state index >= 15 is 0 Å². The molecule has 0 aliphatic heterocycles. The highest BCUT2D eigenvalue weighted by atomic mass is 16.3. The number of carbonyl (C=O) groups excluding carboxylic acids is 1. The molecule has 1 rings (SSSR count). The van der Waals surface area contributed by atoms with E-state index in [1.165, 1.54) is 0 Å². The first-order valence-corrected chi connectivity index (χ1v) is 4.84. The summed E-state index contributed by atoms with van der Waals surface area (Å²) in [5, 5.41) is 17.9. The Hall–Kier alpha value is -1.56. The summed E-state index contributed by atoms with van der Waals surface area (Å²) in [6.45, 7) is 3.50. The normalized spacial score (nSPS) is 12.5. The molecule has 0 radical (unpaired) electrons. The zero-order chi connectivity index (χ0) is 11.4. The van der Waals surface area contributed by atoms with Gasteiger partial charge in [0.1, 0.15) is 0 Å². The Kier molecular flexibility index (Phi) is 3.68. The van der Waals surface area contributed by atoms with Crippen molar-refractivity contribution in [3.63, 3.8) is 0 Å².